The van der Waals surface area contributed by atoms with Gasteiger partial charge in [0.25, 0.3) is 5.91 Å². The van der Waals surface area contributed by atoms with Crippen LogP contribution in [0.2, 0.25) is 0 Å². The molecule has 0 radical (unpaired) electrons. The van der Waals surface area contributed by atoms with Crippen LogP contribution in [-0.4, -0.2) is 52.5 Å². The maximum absolute atomic E-state index is 12.9. The number of halogens is 4. The zero-order valence-corrected chi connectivity index (χ0v) is 20.2. The van der Waals surface area contributed by atoms with Crippen molar-refractivity contribution < 1.29 is 27.5 Å². The Hall–Kier alpha value is -2.20. The Morgan fingerprint density at radius 1 is 1.15 bits per heavy atom. The Bertz CT molecular complexity index is 1050. The highest BCUT2D eigenvalue weighted by Crippen LogP contribution is 2.37. The SMILES string of the molecule is Cc1cc(C(=O)N2CCC3(CC2)CN(Cc2ccc(SC(F)(F)F)cc2)C(=O)O3)ccc1Br. The molecule has 176 valence electrons. The number of hydrogen-bond donors (Lipinski definition) is 0. The van der Waals surface area contributed by atoms with E-state index in [-0.39, 0.29) is 29.1 Å². The van der Waals surface area contributed by atoms with E-state index < -0.39 is 17.2 Å². The van der Waals surface area contributed by atoms with Crippen molar-refractivity contribution in [2.45, 2.75) is 42.3 Å². The molecule has 2 aliphatic rings. The zero-order valence-electron chi connectivity index (χ0n) is 17.8. The molecular weight excluding hydrogens is 521 g/mol. The predicted molar refractivity (Wildman–Crippen MR) is 122 cm³/mol. The molecule has 0 unspecified atom stereocenters. The number of ether oxygens (including phenoxy) is 1. The average Bonchev–Trinajstić information content (AvgIpc) is 3.05. The molecule has 2 heterocycles. The highest BCUT2D eigenvalue weighted by molar-refractivity contribution is 9.10. The Kier molecular flexibility index (Phi) is 6.68. The van der Waals surface area contributed by atoms with Crippen molar-refractivity contribution in [3.63, 3.8) is 0 Å². The number of likely N-dealkylation sites (tertiary alicyclic amines) is 1. The molecule has 0 aliphatic carbocycles. The van der Waals surface area contributed by atoms with Gasteiger partial charge in [-0.15, -0.1) is 0 Å². The maximum atomic E-state index is 12.9. The van der Waals surface area contributed by atoms with Gasteiger partial charge in [-0.25, -0.2) is 4.79 Å². The van der Waals surface area contributed by atoms with Crippen LogP contribution in [0.15, 0.2) is 51.8 Å². The third-order valence-corrected chi connectivity index (χ3v) is 7.57. The fraction of sp³-hybridized carbons (Fsp3) is 0.391. The van der Waals surface area contributed by atoms with E-state index >= 15 is 0 Å². The first-order chi connectivity index (χ1) is 15.5. The summed E-state index contributed by atoms with van der Waals surface area (Å²) in [5, 5.41) is 0. The van der Waals surface area contributed by atoms with E-state index in [9.17, 15) is 22.8 Å². The minimum Gasteiger partial charge on any atom is -0.441 e. The number of benzene rings is 2. The van der Waals surface area contributed by atoms with Gasteiger partial charge in [0.2, 0.25) is 0 Å². The lowest BCUT2D eigenvalue weighted by Crippen LogP contribution is -2.48. The number of carbonyl (C=O) groups is 2. The van der Waals surface area contributed by atoms with E-state index in [1.54, 1.807) is 28.0 Å². The Labute approximate surface area is 202 Å². The third-order valence-electron chi connectivity index (χ3n) is 5.94. The molecule has 10 heteroatoms. The van der Waals surface area contributed by atoms with E-state index in [0.717, 1.165) is 15.6 Å². The van der Waals surface area contributed by atoms with E-state index in [4.69, 9.17) is 4.74 Å². The van der Waals surface area contributed by atoms with Gasteiger partial charge in [0.05, 0.1) is 6.54 Å². The lowest BCUT2D eigenvalue weighted by atomic mass is 9.91. The zero-order chi connectivity index (χ0) is 23.8. The second kappa shape index (κ2) is 9.21. The van der Waals surface area contributed by atoms with Crippen LogP contribution in [0.5, 0.6) is 0 Å². The number of amides is 2. The predicted octanol–water partition coefficient (Wildman–Crippen LogP) is 6.00. The molecule has 33 heavy (non-hydrogen) atoms. The summed E-state index contributed by atoms with van der Waals surface area (Å²) < 4.78 is 44.2. The van der Waals surface area contributed by atoms with Crippen molar-refractivity contribution in [1.82, 2.24) is 9.80 Å². The van der Waals surface area contributed by atoms with Gasteiger partial charge < -0.3 is 9.64 Å². The molecule has 2 fully saturated rings. The standard InChI is InChI=1S/C23H22BrF3N2O3S/c1-15-12-17(4-7-19(15)24)20(30)28-10-8-22(9-11-28)14-29(21(31)32-22)13-16-2-5-18(6-3-16)33-23(25,26)27/h2-7,12H,8-11,13-14H2,1H3. The Balaban J connectivity index is 1.34. The minimum atomic E-state index is -4.33. The normalized spacial score (nSPS) is 18.0. The first kappa shape index (κ1) is 23.9. The van der Waals surface area contributed by atoms with Crippen LogP contribution >= 0.6 is 27.7 Å². The molecule has 0 N–H and O–H groups in total. The maximum Gasteiger partial charge on any atom is 0.446 e. The number of piperidine rings is 1. The molecule has 5 nitrogen and oxygen atoms in total. The van der Waals surface area contributed by atoms with Gasteiger partial charge in [0.15, 0.2) is 0 Å². The van der Waals surface area contributed by atoms with Gasteiger partial charge >= 0.3 is 11.6 Å². The fourth-order valence-corrected chi connectivity index (χ4v) is 4.96. The summed E-state index contributed by atoms with van der Waals surface area (Å²) in [6, 6.07) is 11.5. The van der Waals surface area contributed by atoms with Crippen molar-refractivity contribution >= 4 is 39.7 Å². The van der Waals surface area contributed by atoms with Gasteiger partial charge in [0.1, 0.15) is 5.60 Å². The van der Waals surface area contributed by atoms with Crippen molar-refractivity contribution in [1.29, 1.82) is 0 Å². The van der Waals surface area contributed by atoms with Crippen molar-refractivity contribution in [3.05, 3.63) is 63.6 Å². The van der Waals surface area contributed by atoms with E-state index in [1.165, 1.54) is 12.1 Å². The smallest absolute Gasteiger partial charge is 0.441 e. The van der Waals surface area contributed by atoms with Crippen LogP contribution in [0.3, 0.4) is 0 Å². The van der Waals surface area contributed by atoms with E-state index in [0.29, 0.717) is 38.0 Å². The third kappa shape index (κ3) is 5.66. The Morgan fingerprint density at radius 2 is 1.82 bits per heavy atom. The van der Waals surface area contributed by atoms with Crippen LogP contribution in [0.25, 0.3) is 0 Å². The quantitative estimate of drug-likeness (QED) is 0.445. The molecule has 4 rings (SSSR count). The van der Waals surface area contributed by atoms with E-state index in [2.05, 4.69) is 15.9 Å². The van der Waals surface area contributed by atoms with E-state index in [1.807, 2.05) is 19.1 Å². The molecule has 2 aliphatic heterocycles. The number of nitrogens with zero attached hydrogens (tertiary/aromatic N) is 2. The second-order valence-corrected chi connectivity index (χ2v) is 10.3. The van der Waals surface area contributed by atoms with Crippen LogP contribution in [0, 0.1) is 6.92 Å². The minimum absolute atomic E-state index is 0.0431. The molecule has 0 saturated carbocycles. The summed E-state index contributed by atoms with van der Waals surface area (Å²) in [6.07, 6.45) is 0.641. The van der Waals surface area contributed by atoms with Crippen LogP contribution < -0.4 is 0 Å². The number of aryl methyl sites for hydroxylation is 1. The van der Waals surface area contributed by atoms with Gasteiger partial charge in [0, 0.05) is 47.4 Å². The lowest BCUT2D eigenvalue weighted by Gasteiger charge is -2.37. The lowest BCUT2D eigenvalue weighted by molar-refractivity contribution is -0.0328. The summed E-state index contributed by atoms with van der Waals surface area (Å²) in [4.78, 5) is 28.8. The molecule has 0 bridgehead atoms. The first-order valence-electron chi connectivity index (χ1n) is 10.4. The summed E-state index contributed by atoms with van der Waals surface area (Å²) in [5.41, 5.74) is -2.63. The van der Waals surface area contributed by atoms with Crippen LogP contribution in [0.4, 0.5) is 18.0 Å². The molecule has 1 spiro atoms. The number of carbonyl (C=O) groups excluding carboxylic acids is 2. The van der Waals surface area contributed by atoms with Gasteiger partial charge in [-0.3, -0.25) is 9.69 Å². The van der Waals surface area contributed by atoms with Crippen molar-refractivity contribution in [2.75, 3.05) is 19.6 Å². The summed E-state index contributed by atoms with van der Waals surface area (Å²) in [7, 11) is 0. The topological polar surface area (TPSA) is 49.9 Å². The van der Waals surface area contributed by atoms with Crippen LogP contribution in [0.1, 0.15) is 34.3 Å². The number of alkyl halides is 3. The molecule has 0 aromatic heterocycles. The highest BCUT2D eigenvalue weighted by atomic mass is 79.9. The van der Waals surface area contributed by atoms with Gasteiger partial charge in [-0.05, 0) is 60.1 Å². The molecule has 0 atom stereocenters. The summed E-state index contributed by atoms with van der Waals surface area (Å²) >= 11 is 3.27. The fourth-order valence-electron chi connectivity index (χ4n) is 4.17. The van der Waals surface area contributed by atoms with Crippen molar-refractivity contribution in [3.8, 4) is 0 Å². The average molecular weight is 543 g/mol. The van der Waals surface area contributed by atoms with Gasteiger partial charge in [-0.1, -0.05) is 28.1 Å². The Morgan fingerprint density at radius 3 is 2.42 bits per heavy atom. The monoisotopic (exact) mass is 542 g/mol. The molecule has 2 aromatic rings. The van der Waals surface area contributed by atoms with Crippen LogP contribution in [-0.2, 0) is 11.3 Å². The molecule has 2 amide bonds. The van der Waals surface area contributed by atoms with Gasteiger partial charge in [-0.2, -0.15) is 13.2 Å². The summed E-state index contributed by atoms with van der Waals surface area (Å²) in [6.45, 7) is 3.56. The highest BCUT2D eigenvalue weighted by Gasteiger charge is 2.47. The summed E-state index contributed by atoms with van der Waals surface area (Å²) in [5.74, 6) is -0.0431. The first-order valence-corrected chi connectivity index (χ1v) is 12.0. The molecule has 2 saturated heterocycles. The number of rotatable bonds is 4. The number of hydrogen-bond acceptors (Lipinski definition) is 4. The number of thioether (sulfide) groups is 1. The second-order valence-electron chi connectivity index (χ2n) is 8.35. The molecular formula is C23H22BrF3N2O3S. The molecule has 2 aromatic carbocycles. The largest absolute Gasteiger partial charge is 0.446 e. The van der Waals surface area contributed by atoms with Crippen molar-refractivity contribution in [2.24, 2.45) is 0 Å².